The smallest absolute Gasteiger partial charge is 0.226 e. The minimum atomic E-state index is -0.418. The molecule has 7 heteroatoms. The lowest BCUT2D eigenvalue weighted by molar-refractivity contribution is -0.140. The first-order chi connectivity index (χ1) is 13.6. The number of nitrogens with zero attached hydrogens (tertiary/aromatic N) is 4. The van der Waals surface area contributed by atoms with Gasteiger partial charge in [-0.2, -0.15) is 10.2 Å². The SMILES string of the molecule is C#CCCC1(CCC(=O)N2CCN(C(=O)CCOc3ccccc3)CC2)N=N1. The standard InChI is InChI=1S/C21H26N4O3/c1-2-3-11-21(22-23-21)12-9-19(26)24-13-15-25(16-14-24)20(27)10-17-28-18-7-5-4-6-8-18/h1,4-8H,3,9-17H2. The molecule has 0 atom stereocenters. The van der Waals surface area contributed by atoms with Crippen molar-refractivity contribution in [2.45, 2.75) is 37.8 Å². The largest absolute Gasteiger partial charge is 0.493 e. The van der Waals surface area contributed by atoms with Gasteiger partial charge < -0.3 is 14.5 Å². The minimum Gasteiger partial charge on any atom is -0.493 e. The Labute approximate surface area is 165 Å². The molecular weight excluding hydrogens is 356 g/mol. The summed E-state index contributed by atoms with van der Waals surface area (Å²) in [5, 5.41) is 8.14. The maximum absolute atomic E-state index is 12.4. The van der Waals surface area contributed by atoms with Crippen LogP contribution in [0.15, 0.2) is 40.6 Å². The summed E-state index contributed by atoms with van der Waals surface area (Å²) in [4.78, 5) is 28.4. The quantitative estimate of drug-likeness (QED) is 0.616. The van der Waals surface area contributed by atoms with Crippen LogP contribution in [0.4, 0.5) is 0 Å². The van der Waals surface area contributed by atoms with Gasteiger partial charge in [-0.15, -0.1) is 12.3 Å². The lowest BCUT2D eigenvalue weighted by atomic mass is 10.0. The molecule has 148 valence electrons. The summed E-state index contributed by atoms with van der Waals surface area (Å²) in [5.41, 5.74) is -0.418. The van der Waals surface area contributed by atoms with Crippen LogP contribution in [0.3, 0.4) is 0 Å². The molecule has 1 fully saturated rings. The number of hydrogen-bond donors (Lipinski definition) is 0. The second kappa shape index (κ2) is 9.36. The Morgan fingerprint density at radius 2 is 1.61 bits per heavy atom. The Balaban J connectivity index is 1.33. The van der Waals surface area contributed by atoms with Crippen molar-refractivity contribution in [3.8, 4) is 18.1 Å². The van der Waals surface area contributed by atoms with E-state index in [-0.39, 0.29) is 11.8 Å². The minimum absolute atomic E-state index is 0.0619. The van der Waals surface area contributed by atoms with Gasteiger partial charge in [0.1, 0.15) is 5.75 Å². The average Bonchev–Trinajstić information content (AvgIpc) is 3.51. The zero-order valence-electron chi connectivity index (χ0n) is 16.0. The van der Waals surface area contributed by atoms with Crippen molar-refractivity contribution in [2.24, 2.45) is 10.2 Å². The predicted molar refractivity (Wildman–Crippen MR) is 105 cm³/mol. The number of rotatable bonds is 9. The number of carbonyl (C=O) groups is 2. The lowest BCUT2D eigenvalue weighted by Gasteiger charge is -2.35. The van der Waals surface area contributed by atoms with Crippen LogP contribution in [0.25, 0.3) is 0 Å². The monoisotopic (exact) mass is 382 g/mol. The molecule has 0 saturated carbocycles. The van der Waals surface area contributed by atoms with Gasteiger partial charge in [-0.3, -0.25) is 9.59 Å². The number of para-hydroxylation sites is 1. The first kappa shape index (κ1) is 19.9. The van der Waals surface area contributed by atoms with Gasteiger partial charge in [0.25, 0.3) is 0 Å². The zero-order chi connectivity index (χ0) is 19.8. The molecule has 0 bridgehead atoms. The highest BCUT2D eigenvalue weighted by Gasteiger charge is 2.39. The second-order valence-corrected chi connectivity index (χ2v) is 7.06. The van der Waals surface area contributed by atoms with Crippen molar-refractivity contribution in [2.75, 3.05) is 32.8 Å². The Bertz CT molecular complexity index is 743. The topological polar surface area (TPSA) is 74.6 Å². The summed E-state index contributed by atoms with van der Waals surface area (Å²) in [6, 6.07) is 9.46. The fraction of sp³-hybridized carbons (Fsp3) is 0.524. The Morgan fingerprint density at radius 1 is 1.00 bits per heavy atom. The van der Waals surface area contributed by atoms with Gasteiger partial charge >= 0.3 is 0 Å². The molecule has 1 aromatic carbocycles. The van der Waals surface area contributed by atoms with Crippen LogP contribution in [0, 0.1) is 12.3 Å². The molecule has 0 radical (unpaired) electrons. The van der Waals surface area contributed by atoms with Gasteiger partial charge in [0.05, 0.1) is 13.0 Å². The fourth-order valence-corrected chi connectivity index (χ4v) is 3.27. The summed E-state index contributed by atoms with van der Waals surface area (Å²) in [5.74, 6) is 3.51. The average molecular weight is 382 g/mol. The molecule has 0 spiro atoms. The molecule has 0 aromatic heterocycles. The maximum atomic E-state index is 12.4. The van der Waals surface area contributed by atoms with Gasteiger partial charge in [0, 0.05) is 51.9 Å². The highest BCUT2D eigenvalue weighted by Crippen LogP contribution is 2.37. The molecule has 2 amide bonds. The van der Waals surface area contributed by atoms with Crippen LogP contribution < -0.4 is 4.74 Å². The fourth-order valence-electron chi connectivity index (χ4n) is 3.27. The van der Waals surface area contributed by atoms with Crippen LogP contribution >= 0.6 is 0 Å². The third-order valence-corrected chi connectivity index (χ3v) is 5.10. The first-order valence-electron chi connectivity index (χ1n) is 9.73. The van der Waals surface area contributed by atoms with E-state index in [0.717, 1.165) is 5.75 Å². The molecule has 0 unspecified atom stereocenters. The molecule has 2 heterocycles. The van der Waals surface area contributed by atoms with Crippen molar-refractivity contribution in [1.82, 2.24) is 9.80 Å². The highest BCUT2D eigenvalue weighted by atomic mass is 16.5. The third kappa shape index (κ3) is 5.56. The van der Waals surface area contributed by atoms with Crippen LogP contribution in [-0.4, -0.2) is 60.1 Å². The van der Waals surface area contributed by atoms with Crippen LogP contribution in [-0.2, 0) is 9.59 Å². The van der Waals surface area contributed by atoms with Crippen molar-refractivity contribution < 1.29 is 14.3 Å². The van der Waals surface area contributed by atoms with Gasteiger partial charge in [0.15, 0.2) is 5.66 Å². The van der Waals surface area contributed by atoms with E-state index in [4.69, 9.17) is 11.2 Å². The van der Waals surface area contributed by atoms with E-state index in [2.05, 4.69) is 16.1 Å². The molecule has 3 rings (SSSR count). The number of hydrogen-bond acceptors (Lipinski definition) is 5. The second-order valence-electron chi connectivity index (χ2n) is 7.06. The predicted octanol–water partition coefficient (Wildman–Crippen LogP) is 2.48. The van der Waals surface area contributed by atoms with E-state index in [1.807, 2.05) is 35.2 Å². The lowest BCUT2D eigenvalue weighted by Crippen LogP contribution is -2.50. The number of benzene rings is 1. The van der Waals surface area contributed by atoms with Crippen LogP contribution in [0.1, 0.15) is 32.1 Å². The van der Waals surface area contributed by atoms with E-state index < -0.39 is 5.66 Å². The number of piperazine rings is 1. The van der Waals surface area contributed by atoms with E-state index in [1.54, 1.807) is 4.90 Å². The van der Waals surface area contributed by atoms with Gasteiger partial charge in [-0.25, -0.2) is 0 Å². The summed E-state index contributed by atoms with van der Waals surface area (Å²) in [7, 11) is 0. The number of ether oxygens (including phenoxy) is 1. The van der Waals surface area contributed by atoms with Crippen LogP contribution in [0.5, 0.6) is 5.75 Å². The summed E-state index contributed by atoms with van der Waals surface area (Å²) >= 11 is 0. The third-order valence-electron chi connectivity index (χ3n) is 5.10. The van der Waals surface area contributed by atoms with E-state index in [1.165, 1.54) is 0 Å². The van der Waals surface area contributed by atoms with E-state index in [0.29, 0.717) is 64.9 Å². The molecule has 7 nitrogen and oxygen atoms in total. The van der Waals surface area contributed by atoms with Gasteiger partial charge in [-0.05, 0) is 12.1 Å². The summed E-state index contributed by atoms with van der Waals surface area (Å²) < 4.78 is 5.58. The van der Waals surface area contributed by atoms with Gasteiger partial charge in [-0.1, -0.05) is 18.2 Å². The molecule has 28 heavy (non-hydrogen) atoms. The number of amides is 2. The van der Waals surface area contributed by atoms with Gasteiger partial charge in [0.2, 0.25) is 11.8 Å². The molecule has 1 aromatic rings. The van der Waals surface area contributed by atoms with Crippen molar-refractivity contribution in [1.29, 1.82) is 0 Å². The summed E-state index contributed by atoms with van der Waals surface area (Å²) in [6.45, 7) is 2.61. The maximum Gasteiger partial charge on any atom is 0.226 e. The first-order valence-corrected chi connectivity index (χ1v) is 9.73. The van der Waals surface area contributed by atoms with Crippen molar-refractivity contribution in [3.05, 3.63) is 30.3 Å². The highest BCUT2D eigenvalue weighted by molar-refractivity contribution is 5.78. The van der Waals surface area contributed by atoms with E-state index >= 15 is 0 Å². The molecule has 0 N–H and O–H groups in total. The molecule has 0 aliphatic carbocycles. The molecular formula is C21H26N4O3. The zero-order valence-corrected chi connectivity index (χ0v) is 16.0. The summed E-state index contributed by atoms with van der Waals surface area (Å²) in [6.07, 6.45) is 7.98. The molecule has 2 aliphatic heterocycles. The van der Waals surface area contributed by atoms with E-state index in [9.17, 15) is 9.59 Å². The normalized spacial score (nSPS) is 17.1. The number of carbonyl (C=O) groups excluding carboxylic acids is 2. The van der Waals surface area contributed by atoms with Crippen LogP contribution in [0.2, 0.25) is 0 Å². The van der Waals surface area contributed by atoms with Crippen molar-refractivity contribution in [3.63, 3.8) is 0 Å². The Hall–Kier alpha value is -2.88. The molecule has 1 saturated heterocycles. The van der Waals surface area contributed by atoms with Crippen molar-refractivity contribution >= 4 is 11.8 Å². The Morgan fingerprint density at radius 3 is 2.18 bits per heavy atom. The Kier molecular flexibility index (Phi) is 6.64. The molecule has 2 aliphatic rings. The number of terminal acetylenes is 1.